The number of nitrogens with two attached hydrogens (primary N) is 1. The highest BCUT2D eigenvalue weighted by molar-refractivity contribution is 7.15. The molecule has 0 bridgehead atoms. The molecule has 0 saturated carbocycles. The number of rotatable bonds is 3. The molecule has 6 heteroatoms. The van der Waals surface area contributed by atoms with E-state index in [4.69, 9.17) is 5.73 Å². The van der Waals surface area contributed by atoms with Gasteiger partial charge in [-0.05, 0) is 25.9 Å². The summed E-state index contributed by atoms with van der Waals surface area (Å²) >= 11 is 1.54. The molecule has 1 aromatic heterocycles. The first-order valence-corrected chi connectivity index (χ1v) is 7.01. The minimum absolute atomic E-state index is 0.197. The number of anilines is 1. The number of nitrogens with zero attached hydrogens (tertiary/aromatic N) is 3. The molecule has 1 aliphatic rings. The zero-order valence-electron chi connectivity index (χ0n) is 10.9. The number of thiazole rings is 1. The van der Waals surface area contributed by atoms with E-state index in [9.17, 15) is 4.79 Å². The van der Waals surface area contributed by atoms with Crippen LogP contribution in [0.5, 0.6) is 0 Å². The third kappa shape index (κ3) is 3.20. The van der Waals surface area contributed by atoms with Crippen molar-refractivity contribution in [3.8, 4) is 0 Å². The largest absolute Gasteiger partial charge is 0.375 e. The highest BCUT2D eigenvalue weighted by atomic mass is 32.1. The van der Waals surface area contributed by atoms with E-state index >= 15 is 0 Å². The molecule has 1 aliphatic heterocycles. The predicted octanol–water partition coefficient (Wildman–Crippen LogP) is 1.03. The van der Waals surface area contributed by atoms with Crippen molar-refractivity contribution in [2.75, 3.05) is 32.9 Å². The monoisotopic (exact) mass is 268 g/mol. The zero-order valence-corrected chi connectivity index (χ0v) is 11.7. The minimum Gasteiger partial charge on any atom is -0.375 e. The van der Waals surface area contributed by atoms with Crippen LogP contribution < -0.4 is 5.73 Å². The fraction of sp³-hybridized carbons (Fsp3) is 0.667. The minimum atomic E-state index is 0.197. The number of nitrogen functional groups attached to an aromatic ring is 1. The summed E-state index contributed by atoms with van der Waals surface area (Å²) in [5.74, 6) is 0.458. The summed E-state index contributed by atoms with van der Waals surface area (Å²) in [6, 6.07) is 0. The Morgan fingerprint density at radius 1 is 1.56 bits per heavy atom. The van der Waals surface area contributed by atoms with Crippen LogP contribution in [0.4, 0.5) is 5.13 Å². The second-order valence-corrected chi connectivity index (χ2v) is 6.09. The van der Waals surface area contributed by atoms with Gasteiger partial charge in [0.25, 0.3) is 0 Å². The number of likely N-dealkylation sites (tertiary alicyclic amines) is 1. The predicted molar refractivity (Wildman–Crippen MR) is 73.2 cm³/mol. The Morgan fingerprint density at radius 2 is 2.22 bits per heavy atom. The van der Waals surface area contributed by atoms with Crippen LogP contribution in [-0.2, 0) is 11.3 Å². The van der Waals surface area contributed by atoms with E-state index in [0.29, 0.717) is 5.13 Å². The zero-order chi connectivity index (χ0) is 13.1. The molecule has 1 aromatic rings. The highest BCUT2D eigenvalue weighted by Gasteiger charge is 2.26. The van der Waals surface area contributed by atoms with Crippen molar-refractivity contribution >= 4 is 22.4 Å². The Hall–Kier alpha value is -1.14. The van der Waals surface area contributed by atoms with E-state index in [2.05, 4.69) is 9.88 Å². The topological polar surface area (TPSA) is 62.5 Å². The first kappa shape index (κ1) is 13.3. The van der Waals surface area contributed by atoms with E-state index < -0.39 is 0 Å². The van der Waals surface area contributed by atoms with Crippen molar-refractivity contribution in [1.82, 2.24) is 14.8 Å². The number of aromatic nitrogens is 1. The molecule has 0 aromatic carbocycles. The second kappa shape index (κ2) is 5.67. The molecule has 0 unspecified atom stereocenters. The van der Waals surface area contributed by atoms with Gasteiger partial charge in [0.15, 0.2) is 5.13 Å². The number of amides is 1. The van der Waals surface area contributed by atoms with Crippen LogP contribution in [0.15, 0.2) is 6.20 Å². The van der Waals surface area contributed by atoms with E-state index in [1.807, 2.05) is 20.3 Å². The lowest BCUT2D eigenvalue weighted by Gasteiger charge is -2.31. The van der Waals surface area contributed by atoms with Gasteiger partial charge in [0.05, 0.1) is 0 Å². The van der Waals surface area contributed by atoms with Gasteiger partial charge in [0.1, 0.15) is 0 Å². The van der Waals surface area contributed by atoms with Gasteiger partial charge in [0, 0.05) is 37.6 Å². The Bertz CT molecular complexity index is 410. The van der Waals surface area contributed by atoms with Gasteiger partial charge in [0.2, 0.25) is 5.91 Å². The molecule has 100 valence electrons. The number of carbonyl (C=O) groups is 1. The summed E-state index contributed by atoms with van der Waals surface area (Å²) in [6.07, 6.45) is 3.74. The Morgan fingerprint density at radius 3 is 2.72 bits per heavy atom. The van der Waals surface area contributed by atoms with Crippen molar-refractivity contribution in [2.24, 2.45) is 5.92 Å². The lowest BCUT2D eigenvalue weighted by atomic mass is 9.95. The standard InChI is InChI=1S/C12H20N4OS/c1-15(2)11(17)9-3-5-16(6-4-9)8-10-7-14-12(13)18-10/h7,9H,3-6,8H2,1-2H3,(H2,13,14). The van der Waals surface area contributed by atoms with E-state index in [1.54, 1.807) is 16.2 Å². The van der Waals surface area contributed by atoms with Crippen molar-refractivity contribution in [3.05, 3.63) is 11.1 Å². The van der Waals surface area contributed by atoms with Gasteiger partial charge in [-0.2, -0.15) is 0 Å². The van der Waals surface area contributed by atoms with Crippen LogP contribution in [0, 0.1) is 5.92 Å². The molecule has 0 radical (unpaired) electrons. The van der Waals surface area contributed by atoms with Gasteiger partial charge in [-0.1, -0.05) is 0 Å². The van der Waals surface area contributed by atoms with Crippen LogP contribution in [0.2, 0.25) is 0 Å². The van der Waals surface area contributed by atoms with Crippen molar-refractivity contribution in [2.45, 2.75) is 19.4 Å². The summed E-state index contributed by atoms with van der Waals surface area (Å²) in [6.45, 7) is 2.85. The third-order valence-electron chi connectivity index (χ3n) is 3.33. The Balaban J connectivity index is 1.82. The van der Waals surface area contributed by atoms with Gasteiger partial charge in [-0.15, -0.1) is 11.3 Å². The van der Waals surface area contributed by atoms with E-state index in [1.165, 1.54) is 4.88 Å². The first-order valence-electron chi connectivity index (χ1n) is 6.20. The van der Waals surface area contributed by atoms with Gasteiger partial charge in [-0.25, -0.2) is 4.98 Å². The molecule has 5 nitrogen and oxygen atoms in total. The Labute approximate surface area is 112 Å². The quantitative estimate of drug-likeness (QED) is 0.889. The smallest absolute Gasteiger partial charge is 0.225 e. The number of piperidine rings is 1. The number of hydrogen-bond donors (Lipinski definition) is 1. The summed E-state index contributed by atoms with van der Waals surface area (Å²) in [4.78, 5) is 21.2. The molecule has 0 atom stereocenters. The van der Waals surface area contributed by atoms with Crippen LogP contribution >= 0.6 is 11.3 Å². The lowest BCUT2D eigenvalue weighted by molar-refractivity contribution is -0.134. The normalized spacial score (nSPS) is 17.9. The maximum atomic E-state index is 11.8. The molecular formula is C12H20N4OS. The van der Waals surface area contributed by atoms with Crippen LogP contribution in [0.3, 0.4) is 0 Å². The average Bonchev–Trinajstić information content (AvgIpc) is 2.75. The Kier molecular flexibility index (Phi) is 4.19. The molecular weight excluding hydrogens is 248 g/mol. The summed E-state index contributed by atoms with van der Waals surface area (Å²) < 4.78 is 0. The maximum absolute atomic E-state index is 11.8. The fourth-order valence-electron chi connectivity index (χ4n) is 2.32. The lowest BCUT2D eigenvalue weighted by Crippen LogP contribution is -2.39. The fourth-order valence-corrected chi connectivity index (χ4v) is 3.05. The second-order valence-electron chi connectivity index (χ2n) is 4.95. The molecule has 18 heavy (non-hydrogen) atoms. The molecule has 1 amide bonds. The molecule has 1 fully saturated rings. The van der Waals surface area contributed by atoms with E-state index in [-0.39, 0.29) is 11.8 Å². The average molecular weight is 268 g/mol. The van der Waals surface area contributed by atoms with Crippen molar-refractivity contribution in [1.29, 1.82) is 0 Å². The van der Waals surface area contributed by atoms with E-state index in [0.717, 1.165) is 32.5 Å². The number of carbonyl (C=O) groups excluding carboxylic acids is 1. The van der Waals surface area contributed by atoms with Crippen molar-refractivity contribution in [3.63, 3.8) is 0 Å². The summed E-state index contributed by atoms with van der Waals surface area (Å²) in [7, 11) is 3.66. The highest BCUT2D eigenvalue weighted by Crippen LogP contribution is 2.22. The first-order chi connectivity index (χ1) is 8.56. The summed E-state index contributed by atoms with van der Waals surface area (Å²) in [5, 5.41) is 0.627. The molecule has 1 saturated heterocycles. The summed E-state index contributed by atoms with van der Waals surface area (Å²) in [5.41, 5.74) is 5.62. The van der Waals surface area contributed by atoms with Crippen LogP contribution in [-0.4, -0.2) is 47.9 Å². The van der Waals surface area contributed by atoms with Gasteiger partial charge in [-0.3, -0.25) is 9.69 Å². The molecule has 2 N–H and O–H groups in total. The molecule has 2 heterocycles. The van der Waals surface area contributed by atoms with Gasteiger partial charge < -0.3 is 10.6 Å². The molecule has 0 aliphatic carbocycles. The van der Waals surface area contributed by atoms with Crippen LogP contribution in [0.1, 0.15) is 17.7 Å². The maximum Gasteiger partial charge on any atom is 0.225 e. The van der Waals surface area contributed by atoms with Crippen molar-refractivity contribution < 1.29 is 4.79 Å². The SMILES string of the molecule is CN(C)C(=O)C1CCN(Cc2cnc(N)s2)CC1. The third-order valence-corrected chi connectivity index (χ3v) is 4.14. The molecule has 0 spiro atoms. The van der Waals surface area contributed by atoms with Gasteiger partial charge >= 0.3 is 0 Å². The molecule has 2 rings (SSSR count). The number of hydrogen-bond acceptors (Lipinski definition) is 5. The van der Waals surface area contributed by atoms with Crippen LogP contribution in [0.25, 0.3) is 0 Å².